The van der Waals surface area contributed by atoms with Crippen molar-refractivity contribution in [2.45, 2.75) is 25.3 Å². The number of carbonyl (C=O) groups excluding carboxylic acids is 1. The fourth-order valence-corrected chi connectivity index (χ4v) is 3.66. The maximum absolute atomic E-state index is 13.0. The fourth-order valence-electron chi connectivity index (χ4n) is 3.66. The summed E-state index contributed by atoms with van der Waals surface area (Å²) in [7, 11) is 3.89. The van der Waals surface area contributed by atoms with Gasteiger partial charge in [-0.3, -0.25) is 9.78 Å². The van der Waals surface area contributed by atoms with Gasteiger partial charge in [0.15, 0.2) is 0 Å². The second kappa shape index (κ2) is 6.78. The number of para-hydroxylation sites is 1. The minimum absolute atomic E-state index is 0.0140. The molecule has 1 saturated heterocycles. The first-order valence-electron chi connectivity index (χ1n) is 8.97. The predicted octanol–water partition coefficient (Wildman–Crippen LogP) is 2.93. The highest BCUT2D eigenvalue weighted by Gasteiger charge is 2.31. The Balaban J connectivity index is 1.56. The molecule has 0 radical (unpaired) electrons. The van der Waals surface area contributed by atoms with Crippen LogP contribution in [-0.4, -0.2) is 46.4 Å². The minimum Gasteiger partial charge on any atom is -0.361 e. The number of nitrogens with one attached hydrogen (secondary N) is 1. The summed E-state index contributed by atoms with van der Waals surface area (Å²) in [6, 6.07) is 8.11. The van der Waals surface area contributed by atoms with Gasteiger partial charge in [0.2, 0.25) is 5.91 Å². The van der Waals surface area contributed by atoms with Gasteiger partial charge in [0.05, 0.1) is 30.6 Å². The number of hydrogen-bond acceptors (Lipinski definition) is 4. The molecule has 0 aliphatic carbocycles. The number of aromatic amines is 1. The lowest BCUT2D eigenvalue weighted by Crippen LogP contribution is -2.32. The maximum atomic E-state index is 13.0. The molecule has 1 aromatic carbocycles. The Morgan fingerprint density at radius 3 is 3.00 bits per heavy atom. The van der Waals surface area contributed by atoms with E-state index in [1.165, 1.54) is 0 Å². The van der Waals surface area contributed by atoms with Gasteiger partial charge < -0.3 is 14.8 Å². The van der Waals surface area contributed by atoms with Crippen LogP contribution in [-0.2, 0) is 11.2 Å². The highest BCUT2D eigenvalue weighted by atomic mass is 16.2. The van der Waals surface area contributed by atoms with Crippen LogP contribution < -0.4 is 4.90 Å². The number of amides is 1. The number of likely N-dealkylation sites (tertiary alicyclic amines) is 1. The van der Waals surface area contributed by atoms with Gasteiger partial charge in [-0.25, -0.2) is 4.98 Å². The highest BCUT2D eigenvalue weighted by molar-refractivity contribution is 5.89. The Morgan fingerprint density at radius 1 is 1.31 bits per heavy atom. The number of rotatable bonds is 4. The second-order valence-corrected chi connectivity index (χ2v) is 6.98. The van der Waals surface area contributed by atoms with E-state index in [4.69, 9.17) is 4.98 Å². The van der Waals surface area contributed by atoms with Crippen LogP contribution >= 0.6 is 0 Å². The zero-order valence-electron chi connectivity index (χ0n) is 15.1. The molecular weight excluding hydrogens is 326 g/mol. The van der Waals surface area contributed by atoms with Crippen LogP contribution in [0.2, 0.25) is 0 Å². The van der Waals surface area contributed by atoms with Crippen molar-refractivity contribution < 1.29 is 4.79 Å². The Hall–Kier alpha value is -2.89. The summed E-state index contributed by atoms with van der Waals surface area (Å²) in [5.74, 6) is 0.965. The van der Waals surface area contributed by atoms with Gasteiger partial charge >= 0.3 is 0 Å². The molecule has 1 aliphatic heterocycles. The summed E-state index contributed by atoms with van der Waals surface area (Å²) in [5, 5.41) is 1.12. The standard InChI is InChI=1S/C20H23N5O/c1-24(2)19-13-21-12-17(23-19)18-8-5-9-25(18)20(26)10-14-11-22-16-7-4-3-6-15(14)16/h3-4,6-7,11-13,18,22H,5,8-10H2,1-2H3/t18-/m0/s1. The number of anilines is 1. The van der Waals surface area contributed by atoms with E-state index in [1.807, 2.05) is 48.3 Å². The van der Waals surface area contributed by atoms with E-state index in [1.54, 1.807) is 12.4 Å². The Labute approximate surface area is 152 Å². The van der Waals surface area contributed by atoms with E-state index >= 15 is 0 Å². The third kappa shape index (κ3) is 3.03. The normalized spacial score (nSPS) is 17.0. The molecule has 1 amide bonds. The first kappa shape index (κ1) is 16.6. The molecule has 4 rings (SSSR count). The Morgan fingerprint density at radius 2 is 2.15 bits per heavy atom. The van der Waals surface area contributed by atoms with E-state index in [2.05, 4.69) is 16.0 Å². The molecule has 1 aliphatic rings. The molecule has 0 spiro atoms. The molecular formula is C20H23N5O. The molecule has 26 heavy (non-hydrogen) atoms. The molecule has 3 aromatic rings. The zero-order valence-corrected chi connectivity index (χ0v) is 15.1. The molecule has 1 atom stereocenters. The summed E-state index contributed by atoms with van der Waals surface area (Å²) in [5.41, 5.74) is 2.99. The van der Waals surface area contributed by atoms with Gasteiger partial charge in [0.25, 0.3) is 0 Å². The summed E-state index contributed by atoms with van der Waals surface area (Å²) >= 11 is 0. The van der Waals surface area contributed by atoms with Gasteiger partial charge in [-0.2, -0.15) is 0 Å². The third-order valence-electron chi connectivity index (χ3n) is 5.03. The maximum Gasteiger partial charge on any atom is 0.227 e. The van der Waals surface area contributed by atoms with Gasteiger partial charge in [-0.15, -0.1) is 0 Å². The minimum atomic E-state index is 0.0140. The first-order valence-corrected chi connectivity index (χ1v) is 8.97. The molecule has 6 nitrogen and oxygen atoms in total. The lowest BCUT2D eigenvalue weighted by atomic mass is 10.1. The summed E-state index contributed by atoms with van der Waals surface area (Å²) in [6.07, 6.45) is 7.82. The molecule has 1 N–H and O–H groups in total. The number of aromatic nitrogens is 3. The average Bonchev–Trinajstić information content (AvgIpc) is 3.29. The van der Waals surface area contributed by atoms with Gasteiger partial charge in [0, 0.05) is 37.7 Å². The topological polar surface area (TPSA) is 65.1 Å². The van der Waals surface area contributed by atoms with Crippen molar-refractivity contribution in [1.82, 2.24) is 19.9 Å². The summed E-state index contributed by atoms with van der Waals surface area (Å²) < 4.78 is 0. The lowest BCUT2D eigenvalue weighted by Gasteiger charge is -2.25. The third-order valence-corrected chi connectivity index (χ3v) is 5.03. The summed E-state index contributed by atoms with van der Waals surface area (Å²) in [6.45, 7) is 0.778. The van der Waals surface area contributed by atoms with Crippen LogP contribution in [0.3, 0.4) is 0 Å². The molecule has 3 heterocycles. The van der Waals surface area contributed by atoms with E-state index in [-0.39, 0.29) is 11.9 Å². The van der Waals surface area contributed by atoms with Gasteiger partial charge in [-0.1, -0.05) is 18.2 Å². The van der Waals surface area contributed by atoms with Crippen molar-refractivity contribution in [1.29, 1.82) is 0 Å². The first-order chi connectivity index (χ1) is 12.6. The molecule has 2 aromatic heterocycles. The van der Waals surface area contributed by atoms with E-state index in [0.717, 1.165) is 47.4 Å². The number of benzene rings is 1. The largest absolute Gasteiger partial charge is 0.361 e. The van der Waals surface area contributed by atoms with Crippen LogP contribution in [0.25, 0.3) is 10.9 Å². The Kier molecular flexibility index (Phi) is 4.32. The molecule has 1 fully saturated rings. The number of carbonyl (C=O) groups is 1. The SMILES string of the molecule is CN(C)c1cncc([C@@H]2CCCN2C(=O)Cc2c[nH]c3ccccc23)n1. The van der Waals surface area contributed by atoms with E-state index in [9.17, 15) is 4.79 Å². The fraction of sp³-hybridized carbons (Fsp3) is 0.350. The van der Waals surface area contributed by atoms with Gasteiger partial charge in [-0.05, 0) is 24.5 Å². The van der Waals surface area contributed by atoms with Crippen molar-refractivity contribution >= 4 is 22.6 Å². The van der Waals surface area contributed by atoms with Crippen molar-refractivity contribution in [3.63, 3.8) is 0 Å². The molecule has 6 heteroatoms. The van der Waals surface area contributed by atoms with Crippen LogP contribution in [0.1, 0.15) is 30.1 Å². The Bertz CT molecular complexity index is 933. The number of hydrogen-bond donors (Lipinski definition) is 1. The van der Waals surface area contributed by atoms with Crippen LogP contribution in [0, 0.1) is 0 Å². The van der Waals surface area contributed by atoms with Crippen molar-refractivity contribution in [2.24, 2.45) is 0 Å². The second-order valence-electron chi connectivity index (χ2n) is 6.98. The van der Waals surface area contributed by atoms with Crippen LogP contribution in [0.15, 0.2) is 42.9 Å². The quantitative estimate of drug-likeness (QED) is 0.786. The number of H-pyrrole nitrogens is 1. The van der Waals surface area contributed by atoms with Gasteiger partial charge in [0.1, 0.15) is 5.82 Å². The summed E-state index contributed by atoms with van der Waals surface area (Å²) in [4.78, 5) is 29.2. The molecule has 134 valence electrons. The molecule has 0 unspecified atom stereocenters. The smallest absolute Gasteiger partial charge is 0.227 e. The zero-order chi connectivity index (χ0) is 18.1. The van der Waals surface area contributed by atoms with Crippen molar-refractivity contribution in [3.8, 4) is 0 Å². The lowest BCUT2D eigenvalue weighted by molar-refractivity contribution is -0.131. The monoisotopic (exact) mass is 349 g/mol. The number of fused-ring (bicyclic) bond motifs is 1. The van der Waals surface area contributed by atoms with Crippen molar-refractivity contribution in [3.05, 3.63) is 54.1 Å². The van der Waals surface area contributed by atoms with Crippen molar-refractivity contribution in [2.75, 3.05) is 25.5 Å². The van der Waals surface area contributed by atoms with E-state index in [0.29, 0.717) is 6.42 Å². The molecule has 0 saturated carbocycles. The van der Waals surface area contributed by atoms with Crippen LogP contribution in [0.5, 0.6) is 0 Å². The van der Waals surface area contributed by atoms with E-state index < -0.39 is 0 Å². The molecule has 0 bridgehead atoms. The van der Waals surface area contributed by atoms with Crippen LogP contribution in [0.4, 0.5) is 5.82 Å². The average molecular weight is 349 g/mol. The highest BCUT2D eigenvalue weighted by Crippen LogP contribution is 2.32. The predicted molar refractivity (Wildman–Crippen MR) is 102 cm³/mol. The number of nitrogens with zero attached hydrogens (tertiary/aromatic N) is 4.